The Morgan fingerprint density at radius 1 is 1.24 bits per heavy atom. The van der Waals surface area contributed by atoms with E-state index in [-0.39, 0.29) is 41.3 Å². The third-order valence-corrected chi connectivity index (χ3v) is 7.71. The van der Waals surface area contributed by atoms with Crippen LogP contribution in [0.5, 0.6) is 0 Å². The van der Waals surface area contributed by atoms with Gasteiger partial charge in [-0.05, 0) is 56.2 Å². The van der Waals surface area contributed by atoms with E-state index in [0.717, 1.165) is 25.5 Å². The molecule has 0 radical (unpaired) electrons. The highest BCUT2D eigenvalue weighted by atomic mass is 31.2. The molecule has 1 amide bonds. The fourth-order valence-corrected chi connectivity index (χ4v) is 6.27. The van der Waals surface area contributed by atoms with Crippen molar-refractivity contribution in [3.8, 4) is 0 Å². The summed E-state index contributed by atoms with van der Waals surface area (Å²) in [5, 5.41) is 3.37. The lowest BCUT2D eigenvalue weighted by Crippen LogP contribution is -2.35. The van der Waals surface area contributed by atoms with Crippen molar-refractivity contribution in [1.82, 2.24) is 9.97 Å². The Hall–Kier alpha value is -2.71. The summed E-state index contributed by atoms with van der Waals surface area (Å²) in [6.45, 7) is 3.01. The number of allylic oxidation sites excluding steroid dienone is 1. The molecule has 7 nitrogen and oxygen atoms in total. The maximum atomic E-state index is 13.9. The number of hydrogen-bond acceptors (Lipinski definition) is 6. The lowest BCUT2D eigenvalue weighted by molar-refractivity contribution is -0.138. The van der Waals surface area contributed by atoms with Crippen LogP contribution >= 0.6 is 7.14 Å². The molecular formula is C22H25F3N5O2P. The van der Waals surface area contributed by atoms with Gasteiger partial charge in [0.15, 0.2) is 0 Å². The summed E-state index contributed by atoms with van der Waals surface area (Å²) < 4.78 is 54.6. The number of aromatic nitrogens is 2. The number of alkyl halides is 3. The van der Waals surface area contributed by atoms with Crippen LogP contribution < -0.4 is 22.1 Å². The van der Waals surface area contributed by atoms with Gasteiger partial charge in [-0.2, -0.15) is 13.2 Å². The summed E-state index contributed by atoms with van der Waals surface area (Å²) in [6, 6.07) is 2.72. The van der Waals surface area contributed by atoms with Crippen LogP contribution in [0.15, 0.2) is 24.4 Å². The van der Waals surface area contributed by atoms with Gasteiger partial charge in [0.1, 0.15) is 12.7 Å². The van der Waals surface area contributed by atoms with E-state index in [0.29, 0.717) is 16.4 Å². The summed E-state index contributed by atoms with van der Waals surface area (Å²) in [5.74, 6) is -0.664. The van der Waals surface area contributed by atoms with Crippen LogP contribution in [0.2, 0.25) is 0 Å². The number of hydrogen-bond donors (Lipinski definition) is 3. The first kappa shape index (κ1) is 23.4. The van der Waals surface area contributed by atoms with E-state index in [1.165, 1.54) is 25.5 Å². The first-order valence-electron chi connectivity index (χ1n) is 10.6. The van der Waals surface area contributed by atoms with Crippen LogP contribution in [0.4, 0.5) is 19.1 Å². The summed E-state index contributed by atoms with van der Waals surface area (Å²) in [6.07, 6.45) is 0.442. The van der Waals surface area contributed by atoms with Crippen molar-refractivity contribution in [2.24, 2.45) is 11.5 Å². The van der Waals surface area contributed by atoms with Crippen LogP contribution in [0.1, 0.15) is 52.0 Å². The van der Waals surface area contributed by atoms with Gasteiger partial charge in [0.05, 0.1) is 11.3 Å². The Morgan fingerprint density at radius 2 is 1.97 bits per heavy atom. The first-order valence-corrected chi connectivity index (χ1v) is 13.2. The van der Waals surface area contributed by atoms with E-state index >= 15 is 0 Å². The van der Waals surface area contributed by atoms with Crippen LogP contribution in [-0.4, -0.2) is 41.3 Å². The Balaban J connectivity index is 1.84. The number of nitrogens with two attached hydrogens (primary N) is 2. The van der Waals surface area contributed by atoms with E-state index in [4.69, 9.17) is 11.5 Å². The second-order valence-electron chi connectivity index (χ2n) is 8.82. The Labute approximate surface area is 189 Å². The average Bonchev–Trinajstić information content (AvgIpc) is 3.31. The van der Waals surface area contributed by atoms with Crippen molar-refractivity contribution in [2.75, 3.05) is 18.6 Å². The van der Waals surface area contributed by atoms with Crippen molar-refractivity contribution < 1.29 is 22.5 Å². The molecule has 1 saturated carbocycles. The number of nitrogens with zero attached hydrogens (tertiary/aromatic N) is 2. The third kappa shape index (κ3) is 4.42. The van der Waals surface area contributed by atoms with E-state index in [9.17, 15) is 22.5 Å². The molecule has 2 aliphatic rings. The number of rotatable bonds is 5. The number of halogens is 3. The molecule has 4 rings (SSSR count). The Bertz CT molecular complexity index is 1210. The minimum absolute atomic E-state index is 0.0698. The Morgan fingerprint density at radius 3 is 2.55 bits per heavy atom. The predicted molar refractivity (Wildman–Crippen MR) is 121 cm³/mol. The molecule has 1 heterocycles. The lowest BCUT2D eigenvalue weighted by atomic mass is 9.98. The lowest BCUT2D eigenvalue weighted by Gasteiger charge is -2.20. The topological polar surface area (TPSA) is 124 Å². The van der Waals surface area contributed by atoms with Crippen molar-refractivity contribution in [3.63, 3.8) is 0 Å². The van der Waals surface area contributed by atoms with Crippen LogP contribution in [-0.2, 0) is 17.2 Å². The summed E-state index contributed by atoms with van der Waals surface area (Å²) >= 11 is 0. The number of benzene rings is 1. The maximum absolute atomic E-state index is 13.9. The first-order chi connectivity index (χ1) is 15.4. The second kappa shape index (κ2) is 8.25. The molecule has 5 N–H and O–H groups in total. The minimum atomic E-state index is -4.68. The fourth-order valence-electron chi connectivity index (χ4n) is 4.65. The molecule has 1 fully saturated rings. The smallest absolute Gasteiger partial charge is 0.366 e. The van der Waals surface area contributed by atoms with Gasteiger partial charge in [0, 0.05) is 29.2 Å². The van der Waals surface area contributed by atoms with E-state index in [2.05, 4.69) is 15.3 Å². The average molecular weight is 479 g/mol. The monoisotopic (exact) mass is 479 g/mol. The van der Waals surface area contributed by atoms with Gasteiger partial charge in [-0.25, -0.2) is 9.97 Å². The van der Waals surface area contributed by atoms with Crippen LogP contribution in [0.25, 0.3) is 5.57 Å². The molecular weight excluding hydrogens is 454 g/mol. The molecule has 33 heavy (non-hydrogen) atoms. The van der Waals surface area contributed by atoms with E-state index in [1.54, 1.807) is 6.08 Å². The number of fused-ring (bicyclic) bond motifs is 1. The molecule has 0 saturated heterocycles. The minimum Gasteiger partial charge on any atom is -0.366 e. The van der Waals surface area contributed by atoms with Crippen molar-refractivity contribution >= 4 is 29.9 Å². The zero-order chi connectivity index (χ0) is 24.1. The molecule has 2 aliphatic carbocycles. The summed E-state index contributed by atoms with van der Waals surface area (Å²) in [5.41, 5.74) is 11.7. The zero-order valence-electron chi connectivity index (χ0n) is 18.2. The van der Waals surface area contributed by atoms with E-state index in [1.807, 2.05) is 0 Å². The van der Waals surface area contributed by atoms with Crippen LogP contribution in [0.3, 0.4) is 0 Å². The van der Waals surface area contributed by atoms with Gasteiger partial charge >= 0.3 is 6.18 Å². The zero-order valence-corrected chi connectivity index (χ0v) is 19.1. The highest BCUT2D eigenvalue weighted by Crippen LogP contribution is 2.44. The molecule has 0 unspecified atom stereocenters. The van der Waals surface area contributed by atoms with Gasteiger partial charge < -0.3 is 21.3 Å². The van der Waals surface area contributed by atoms with Gasteiger partial charge in [-0.15, -0.1) is 0 Å². The quantitative estimate of drug-likeness (QED) is 0.566. The molecule has 176 valence electrons. The number of amides is 1. The maximum Gasteiger partial charge on any atom is 0.419 e. The largest absolute Gasteiger partial charge is 0.419 e. The molecule has 1 aromatic carbocycles. The van der Waals surface area contributed by atoms with Gasteiger partial charge in [-0.1, -0.05) is 12.1 Å². The second-order valence-corrected chi connectivity index (χ2v) is 12.0. The van der Waals surface area contributed by atoms with Crippen molar-refractivity contribution in [1.29, 1.82) is 0 Å². The summed E-state index contributed by atoms with van der Waals surface area (Å²) in [7, 11) is -2.97. The van der Waals surface area contributed by atoms with Gasteiger partial charge in [0.2, 0.25) is 11.9 Å². The SMILES string of the molecule is CP(C)(=O)c1c(C(N)=O)ccc2c1CC=C2c1nc(N[C@H]2CCC[C@@H]2N)ncc1C(F)(F)F. The highest BCUT2D eigenvalue weighted by Gasteiger charge is 2.38. The number of primary amides is 1. The molecule has 2 aromatic rings. The standard InChI is InChI=1S/C22H25F3N5O2P/c1-33(2,32)19-13-8-7-12(11(13)6-9-14(19)20(27)31)18-15(22(23,24)25)10-28-21(30-18)29-17-5-3-4-16(17)26/h6-7,9-10,16-17H,3-5,8,26H2,1-2H3,(H2,27,31)(H,28,29,30)/t16-,17-/m0/s1. The fraction of sp³-hybridized carbons (Fsp3) is 0.409. The van der Waals surface area contributed by atoms with Gasteiger partial charge in [0.25, 0.3) is 0 Å². The molecule has 0 aliphatic heterocycles. The normalized spacial score (nSPS) is 20.5. The third-order valence-electron chi connectivity index (χ3n) is 6.12. The van der Waals surface area contributed by atoms with Crippen molar-refractivity contribution in [2.45, 2.75) is 43.9 Å². The highest BCUT2D eigenvalue weighted by molar-refractivity contribution is 7.70. The molecule has 2 atom stereocenters. The number of carbonyl (C=O) groups excluding carboxylic acids is 1. The molecule has 0 bridgehead atoms. The molecule has 0 spiro atoms. The Kier molecular flexibility index (Phi) is 5.87. The number of anilines is 1. The summed E-state index contributed by atoms with van der Waals surface area (Å²) in [4.78, 5) is 20.1. The van der Waals surface area contributed by atoms with Crippen molar-refractivity contribution in [3.05, 3.63) is 52.4 Å². The molecule has 11 heteroatoms. The van der Waals surface area contributed by atoms with Crippen LogP contribution in [0, 0.1) is 0 Å². The number of carbonyl (C=O) groups is 1. The predicted octanol–water partition coefficient (Wildman–Crippen LogP) is 3.12. The molecule has 1 aromatic heterocycles. The number of nitrogens with one attached hydrogen (secondary N) is 1. The van der Waals surface area contributed by atoms with Gasteiger partial charge in [-0.3, -0.25) is 4.79 Å². The van der Waals surface area contributed by atoms with E-state index < -0.39 is 24.8 Å².